The zero-order chi connectivity index (χ0) is 13.5. The average Bonchev–Trinajstić information content (AvgIpc) is 2.48. The van der Waals surface area contributed by atoms with E-state index in [4.69, 9.17) is 14.7 Å². The second kappa shape index (κ2) is 7.14. The van der Waals surface area contributed by atoms with Gasteiger partial charge in [0, 0.05) is 18.8 Å². The molecule has 1 fully saturated rings. The summed E-state index contributed by atoms with van der Waals surface area (Å²) >= 11 is 0. The van der Waals surface area contributed by atoms with Crippen molar-refractivity contribution in [2.75, 3.05) is 19.8 Å². The highest BCUT2D eigenvalue weighted by molar-refractivity contribution is 6.02. The summed E-state index contributed by atoms with van der Waals surface area (Å²) in [5.41, 5.74) is 1.53. The van der Waals surface area contributed by atoms with E-state index in [1.807, 2.05) is 31.2 Å². The van der Waals surface area contributed by atoms with Crippen LogP contribution in [0.15, 0.2) is 29.4 Å². The van der Waals surface area contributed by atoms with Gasteiger partial charge in [0.25, 0.3) is 0 Å². The van der Waals surface area contributed by atoms with E-state index in [0.29, 0.717) is 24.7 Å². The maximum absolute atomic E-state index is 9.04. The van der Waals surface area contributed by atoms with Crippen molar-refractivity contribution in [2.24, 2.45) is 11.1 Å². The molecule has 0 amide bonds. The lowest BCUT2D eigenvalue weighted by molar-refractivity contribution is 0.0497. The molecule has 0 spiro atoms. The lowest BCUT2D eigenvalue weighted by Gasteiger charge is -2.22. The van der Waals surface area contributed by atoms with Crippen LogP contribution >= 0.6 is 0 Å². The highest BCUT2D eigenvalue weighted by Gasteiger charge is 2.16. The van der Waals surface area contributed by atoms with Crippen molar-refractivity contribution >= 4 is 5.71 Å². The molecular weight excluding hydrogens is 242 g/mol. The fourth-order valence-electron chi connectivity index (χ4n) is 2.27. The van der Waals surface area contributed by atoms with Crippen LogP contribution in [0, 0.1) is 5.92 Å². The lowest BCUT2D eigenvalue weighted by atomic mass is 10.0. The lowest BCUT2D eigenvalue weighted by Crippen LogP contribution is -2.22. The number of ether oxygens (including phenoxy) is 2. The summed E-state index contributed by atoms with van der Waals surface area (Å²) < 4.78 is 11.3. The molecule has 0 aromatic heterocycles. The van der Waals surface area contributed by atoms with Crippen LogP contribution in [0.3, 0.4) is 0 Å². The second-order valence-electron chi connectivity index (χ2n) is 4.76. The average molecular weight is 263 g/mol. The zero-order valence-electron chi connectivity index (χ0n) is 11.3. The molecule has 2 rings (SSSR count). The van der Waals surface area contributed by atoms with E-state index in [-0.39, 0.29) is 0 Å². The minimum absolute atomic E-state index is 0.554. The van der Waals surface area contributed by atoms with Gasteiger partial charge in [-0.1, -0.05) is 24.2 Å². The molecule has 1 aromatic carbocycles. The first-order valence-corrected chi connectivity index (χ1v) is 6.86. The van der Waals surface area contributed by atoms with Crippen molar-refractivity contribution in [3.05, 3.63) is 29.8 Å². The Labute approximate surface area is 114 Å². The van der Waals surface area contributed by atoms with Crippen LogP contribution in [0.1, 0.15) is 31.7 Å². The fraction of sp³-hybridized carbons (Fsp3) is 0.533. The largest absolute Gasteiger partial charge is 0.493 e. The van der Waals surface area contributed by atoms with Gasteiger partial charge in [0.1, 0.15) is 5.75 Å². The number of oxime groups is 1. The number of rotatable bonds is 5. The van der Waals surface area contributed by atoms with E-state index >= 15 is 0 Å². The molecule has 4 nitrogen and oxygen atoms in total. The van der Waals surface area contributed by atoms with Crippen LogP contribution in [-0.2, 0) is 4.74 Å². The molecule has 1 N–H and O–H groups in total. The molecule has 4 heteroatoms. The first-order chi connectivity index (χ1) is 9.35. The zero-order valence-corrected chi connectivity index (χ0v) is 11.3. The summed E-state index contributed by atoms with van der Waals surface area (Å²) in [5, 5.41) is 12.4. The van der Waals surface area contributed by atoms with Crippen LogP contribution in [0.25, 0.3) is 0 Å². The first kappa shape index (κ1) is 13.9. The van der Waals surface area contributed by atoms with Gasteiger partial charge >= 0.3 is 0 Å². The van der Waals surface area contributed by atoms with Crippen LogP contribution in [0.2, 0.25) is 0 Å². The maximum atomic E-state index is 9.04. The molecular formula is C15H21NO3. The SMILES string of the molecule is CC/C(=N/O)c1ccccc1OCC1CCOCC1. The first-order valence-electron chi connectivity index (χ1n) is 6.86. The molecule has 0 aliphatic carbocycles. The summed E-state index contributed by atoms with van der Waals surface area (Å²) in [4.78, 5) is 0. The fourth-order valence-corrected chi connectivity index (χ4v) is 2.27. The molecule has 1 saturated heterocycles. The van der Waals surface area contributed by atoms with Crippen LogP contribution < -0.4 is 4.74 Å². The van der Waals surface area contributed by atoms with Crippen LogP contribution in [0.5, 0.6) is 5.75 Å². The Balaban J connectivity index is 2.03. The summed E-state index contributed by atoms with van der Waals surface area (Å²) in [6.45, 7) is 4.31. The van der Waals surface area contributed by atoms with Crippen molar-refractivity contribution in [3.63, 3.8) is 0 Å². The molecule has 1 aliphatic heterocycles. The molecule has 0 radical (unpaired) electrons. The minimum Gasteiger partial charge on any atom is -0.493 e. The van der Waals surface area contributed by atoms with Crippen molar-refractivity contribution in [2.45, 2.75) is 26.2 Å². The topological polar surface area (TPSA) is 51.1 Å². The van der Waals surface area contributed by atoms with E-state index < -0.39 is 0 Å². The van der Waals surface area contributed by atoms with E-state index in [1.165, 1.54) is 0 Å². The Bertz CT molecular complexity index is 425. The van der Waals surface area contributed by atoms with Gasteiger partial charge in [0.2, 0.25) is 0 Å². The monoisotopic (exact) mass is 263 g/mol. The van der Waals surface area contributed by atoms with Crippen LogP contribution in [0.4, 0.5) is 0 Å². The van der Waals surface area contributed by atoms with E-state index in [1.54, 1.807) is 0 Å². The van der Waals surface area contributed by atoms with Gasteiger partial charge in [0.15, 0.2) is 0 Å². The summed E-state index contributed by atoms with van der Waals surface area (Å²) in [6.07, 6.45) is 2.78. The predicted octanol–water partition coefficient (Wildman–Crippen LogP) is 3.08. The third-order valence-corrected chi connectivity index (χ3v) is 3.47. The molecule has 104 valence electrons. The van der Waals surface area contributed by atoms with Gasteiger partial charge in [-0.15, -0.1) is 0 Å². The molecule has 0 saturated carbocycles. The van der Waals surface area contributed by atoms with Gasteiger partial charge in [0.05, 0.1) is 12.3 Å². The molecule has 19 heavy (non-hydrogen) atoms. The van der Waals surface area contributed by atoms with E-state index in [0.717, 1.165) is 37.4 Å². The van der Waals surface area contributed by atoms with Gasteiger partial charge in [-0.25, -0.2) is 0 Å². The van der Waals surface area contributed by atoms with Crippen molar-refractivity contribution in [3.8, 4) is 5.75 Å². The summed E-state index contributed by atoms with van der Waals surface area (Å²) in [5.74, 6) is 1.35. The van der Waals surface area contributed by atoms with Gasteiger partial charge in [-0.2, -0.15) is 0 Å². The Kier molecular flexibility index (Phi) is 5.21. The second-order valence-corrected chi connectivity index (χ2v) is 4.76. The number of hydrogen-bond donors (Lipinski definition) is 1. The quantitative estimate of drug-likeness (QED) is 0.504. The number of benzene rings is 1. The highest BCUT2D eigenvalue weighted by atomic mass is 16.5. The van der Waals surface area contributed by atoms with Crippen LogP contribution in [-0.4, -0.2) is 30.7 Å². The molecule has 1 aromatic rings. The third kappa shape index (κ3) is 3.70. The van der Waals surface area contributed by atoms with Crippen molar-refractivity contribution < 1.29 is 14.7 Å². The Morgan fingerprint density at radius 2 is 2.11 bits per heavy atom. The molecule has 0 atom stereocenters. The Morgan fingerprint density at radius 3 is 2.79 bits per heavy atom. The van der Waals surface area contributed by atoms with Crippen molar-refractivity contribution in [1.82, 2.24) is 0 Å². The minimum atomic E-state index is 0.554. The summed E-state index contributed by atoms with van der Waals surface area (Å²) in [6, 6.07) is 7.72. The predicted molar refractivity (Wildman–Crippen MR) is 74.1 cm³/mol. The molecule has 1 aliphatic rings. The Morgan fingerprint density at radius 1 is 1.37 bits per heavy atom. The van der Waals surface area contributed by atoms with Gasteiger partial charge < -0.3 is 14.7 Å². The van der Waals surface area contributed by atoms with Crippen molar-refractivity contribution in [1.29, 1.82) is 0 Å². The van der Waals surface area contributed by atoms with Gasteiger partial charge in [-0.05, 0) is 37.3 Å². The smallest absolute Gasteiger partial charge is 0.128 e. The maximum Gasteiger partial charge on any atom is 0.128 e. The van der Waals surface area contributed by atoms with E-state index in [2.05, 4.69) is 5.16 Å². The Hall–Kier alpha value is -1.55. The number of para-hydroxylation sites is 1. The highest BCUT2D eigenvalue weighted by Crippen LogP contribution is 2.23. The molecule has 0 unspecified atom stereocenters. The molecule has 0 bridgehead atoms. The van der Waals surface area contributed by atoms with E-state index in [9.17, 15) is 0 Å². The normalized spacial score (nSPS) is 17.4. The molecule has 1 heterocycles. The third-order valence-electron chi connectivity index (χ3n) is 3.47. The standard InChI is InChI=1S/C15H21NO3/c1-2-14(16-17)13-5-3-4-6-15(13)19-11-12-7-9-18-10-8-12/h3-6,12,17H,2,7-11H2,1H3/b16-14-. The summed E-state index contributed by atoms with van der Waals surface area (Å²) in [7, 11) is 0. The number of hydrogen-bond acceptors (Lipinski definition) is 4. The van der Waals surface area contributed by atoms with Gasteiger partial charge in [-0.3, -0.25) is 0 Å². The number of nitrogens with zero attached hydrogens (tertiary/aromatic N) is 1.